The number of para-hydroxylation sites is 2. The predicted octanol–water partition coefficient (Wildman–Crippen LogP) is 7.73. The van der Waals surface area contributed by atoms with Crippen LogP contribution in [0.4, 0.5) is 36.3 Å². The fourth-order valence-corrected chi connectivity index (χ4v) is 3.93. The Morgan fingerprint density at radius 3 is 2.39 bits per heavy atom. The van der Waals surface area contributed by atoms with Crippen LogP contribution in [0.3, 0.4) is 0 Å². The molecule has 0 atom stereocenters. The zero-order valence-corrected chi connectivity index (χ0v) is 20.4. The third-order valence-corrected chi connectivity index (χ3v) is 5.77. The summed E-state index contributed by atoms with van der Waals surface area (Å²) in [4.78, 5) is 8.06. The number of rotatable bonds is 9. The fraction of sp³-hybridized carbons (Fsp3) is 0.407. The second-order valence-corrected chi connectivity index (χ2v) is 9.31. The minimum Gasteiger partial charge on any atom is -0.493 e. The smallest absolute Gasteiger partial charge is 0.421 e. The second-order valence-electron chi connectivity index (χ2n) is 9.31. The van der Waals surface area contributed by atoms with Crippen molar-refractivity contribution in [1.82, 2.24) is 9.97 Å². The molecule has 3 aromatic rings. The highest BCUT2D eigenvalue weighted by atomic mass is 19.4. The normalized spacial score (nSPS) is 14.5. The van der Waals surface area contributed by atoms with Gasteiger partial charge in [0.05, 0.1) is 18.4 Å². The SMILES string of the molecule is CC(C)COc1ccc(Nc2ncc(C(F)(F)F)c(Nc3ccccc3OC3CCCCC3)n2)cc1. The van der Waals surface area contributed by atoms with Crippen LogP contribution >= 0.6 is 0 Å². The molecule has 1 aliphatic rings. The zero-order chi connectivity index (χ0) is 25.5. The maximum Gasteiger partial charge on any atom is 0.421 e. The third kappa shape index (κ3) is 7.02. The molecule has 0 bridgehead atoms. The Hall–Kier alpha value is -3.49. The number of anilines is 4. The molecule has 0 radical (unpaired) electrons. The van der Waals surface area contributed by atoms with E-state index in [0.29, 0.717) is 35.4 Å². The first-order valence-electron chi connectivity index (χ1n) is 12.2. The maximum atomic E-state index is 13.8. The molecular formula is C27H31F3N4O2. The maximum absolute atomic E-state index is 13.8. The Bertz CT molecular complexity index is 1130. The number of hydrogen-bond donors (Lipinski definition) is 2. The Labute approximate surface area is 209 Å². The number of aromatic nitrogens is 2. The molecular weight excluding hydrogens is 469 g/mol. The van der Waals surface area contributed by atoms with Gasteiger partial charge in [-0.1, -0.05) is 32.4 Å². The van der Waals surface area contributed by atoms with Crippen molar-refractivity contribution < 1.29 is 22.6 Å². The summed E-state index contributed by atoms with van der Waals surface area (Å²) in [6.45, 7) is 4.71. The molecule has 0 spiro atoms. The highest BCUT2D eigenvalue weighted by Gasteiger charge is 2.35. The summed E-state index contributed by atoms with van der Waals surface area (Å²) >= 11 is 0. The van der Waals surface area contributed by atoms with E-state index in [2.05, 4.69) is 34.4 Å². The fourth-order valence-electron chi connectivity index (χ4n) is 3.93. The summed E-state index contributed by atoms with van der Waals surface area (Å²) in [7, 11) is 0. The van der Waals surface area contributed by atoms with E-state index in [1.807, 2.05) is 0 Å². The monoisotopic (exact) mass is 500 g/mol. The van der Waals surface area contributed by atoms with Gasteiger partial charge >= 0.3 is 6.18 Å². The van der Waals surface area contributed by atoms with Gasteiger partial charge < -0.3 is 20.1 Å². The number of nitrogens with zero attached hydrogens (tertiary/aromatic N) is 2. The molecule has 36 heavy (non-hydrogen) atoms. The van der Waals surface area contributed by atoms with Crippen molar-refractivity contribution in [2.75, 3.05) is 17.2 Å². The van der Waals surface area contributed by atoms with Gasteiger partial charge in [-0.3, -0.25) is 0 Å². The van der Waals surface area contributed by atoms with E-state index in [0.717, 1.165) is 31.9 Å². The standard InChI is InChI=1S/C27H31F3N4O2/c1-18(2)17-35-20-14-12-19(13-15-20)32-26-31-16-22(27(28,29)30)25(34-26)33-23-10-6-7-11-24(23)36-21-8-4-3-5-9-21/h6-7,10-16,18,21H,3-5,8-9,17H2,1-2H3,(H2,31,32,33,34). The first-order valence-corrected chi connectivity index (χ1v) is 12.2. The number of benzene rings is 2. The molecule has 2 aromatic carbocycles. The molecule has 6 nitrogen and oxygen atoms in total. The number of alkyl halides is 3. The van der Waals surface area contributed by atoms with Crippen molar-refractivity contribution in [3.8, 4) is 11.5 Å². The van der Waals surface area contributed by atoms with E-state index in [-0.39, 0.29) is 17.9 Å². The van der Waals surface area contributed by atoms with Gasteiger partial charge in [0.1, 0.15) is 22.9 Å². The molecule has 1 fully saturated rings. The zero-order valence-electron chi connectivity index (χ0n) is 20.4. The number of nitrogens with one attached hydrogen (secondary N) is 2. The van der Waals surface area contributed by atoms with Gasteiger partial charge in [-0.05, 0) is 68.0 Å². The topological polar surface area (TPSA) is 68.3 Å². The lowest BCUT2D eigenvalue weighted by atomic mass is 9.98. The van der Waals surface area contributed by atoms with Crippen molar-refractivity contribution >= 4 is 23.1 Å². The lowest BCUT2D eigenvalue weighted by Gasteiger charge is -2.24. The summed E-state index contributed by atoms with van der Waals surface area (Å²) in [6.07, 6.45) is 1.43. The first kappa shape index (κ1) is 25.6. The molecule has 1 heterocycles. The third-order valence-electron chi connectivity index (χ3n) is 5.77. The van der Waals surface area contributed by atoms with Gasteiger partial charge in [0.25, 0.3) is 0 Å². The van der Waals surface area contributed by atoms with Crippen molar-refractivity contribution in [2.24, 2.45) is 5.92 Å². The molecule has 4 rings (SSSR count). The summed E-state index contributed by atoms with van der Waals surface area (Å²) in [5, 5.41) is 5.81. The Morgan fingerprint density at radius 1 is 0.972 bits per heavy atom. The van der Waals surface area contributed by atoms with Crippen LogP contribution in [-0.4, -0.2) is 22.7 Å². The highest BCUT2D eigenvalue weighted by molar-refractivity contribution is 5.67. The van der Waals surface area contributed by atoms with Crippen molar-refractivity contribution in [3.05, 3.63) is 60.3 Å². The number of hydrogen-bond acceptors (Lipinski definition) is 6. The van der Waals surface area contributed by atoms with Crippen molar-refractivity contribution in [3.63, 3.8) is 0 Å². The van der Waals surface area contributed by atoms with Crippen LogP contribution < -0.4 is 20.1 Å². The first-order chi connectivity index (χ1) is 17.3. The van der Waals surface area contributed by atoms with E-state index >= 15 is 0 Å². The molecule has 0 amide bonds. The van der Waals surface area contributed by atoms with Crippen LogP contribution in [-0.2, 0) is 6.18 Å². The minimum absolute atomic E-state index is 0.0343. The predicted molar refractivity (Wildman–Crippen MR) is 134 cm³/mol. The van der Waals surface area contributed by atoms with Crippen LogP contribution in [0.1, 0.15) is 51.5 Å². The minimum atomic E-state index is -4.63. The summed E-state index contributed by atoms with van der Waals surface area (Å²) in [6, 6.07) is 14.1. The van der Waals surface area contributed by atoms with Crippen LogP contribution in [0.5, 0.6) is 11.5 Å². The quantitative estimate of drug-likeness (QED) is 0.313. The molecule has 2 N–H and O–H groups in total. The van der Waals surface area contributed by atoms with E-state index in [1.165, 1.54) is 6.42 Å². The van der Waals surface area contributed by atoms with Crippen molar-refractivity contribution in [1.29, 1.82) is 0 Å². The molecule has 0 aliphatic heterocycles. The average molecular weight is 501 g/mol. The molecule has 0 saturated heterocycles. The second kappa shape index (κ2) is 11.5. The van der Waals surface area contributed by atoms with Crippen LogP contribution in [0, 0.1) is 5.92 Å². The van der Waals surface area contributed by atoms with Gasteiger partial charge in [-0.15, -0.1) is 0 Å². The molecule has 9 heteroatoms. The Balaban J connectivity index is 1.55. The van der Waals surface area contributed by atoms with Gasteiger partial charge in [0.15, 0.2) is 0 Å². The van der Waals surface area contributed by atoms with Gasteiger partial charge in [0, 0.05) is 11.9 Å². The largest absolute Gasteiger partial charge is 0.493 e. The highest BCUT2D eigenvalue weighted by Crippen LogP contribution is 2.38. The van der Waals surface area contributed by atoms with Crippen LogP contribution in [0.15, 0.2) is 54.7 Å². The lowest BCUT2D eigenvalue weighted by molar-refractivity contribution is -0.137. The van der Waals surface area contributed by atoms with Crippen LogP contribution in [0.2, 0.25) is 0 Å². The molecule has 0 unspecified atom stereocenters. The summed E-state index contributed by atoms with van der Waals surface area (Å²) in [5.41, 5.74) is 0.0847. The van der Waals surface area contributed by atoms with E-state index < -0.39 is 11.7 Å². The summed E-state index contributed by atoms with van der Waals surface area (Å²) < 4.78 is 53.1. The van der Waals surface area contributed by atoms with Gasteiger partial charge in [0.2, 0.25) is 5.95 Å². The van der Waals surface area contributed by atoms with E-state index in [1.54, 1.807) is 48.5 Å². The molecule has 1 aliphatic carbocycles. The molecule has 1 aromatic heterocycles. The van der Waals surface area contributed by atoms with Crippen molar-refractivity contribution in [2.45, 2.75) is 58.2 Å². The van der Waals surface area contributed by atoms with E-state index in [9.17, 15) is 13.2 Å². The molecule has 192 valence electrons. The van der Waals surface area contributed by atoms with Gasteiger partial charge in [-0.2, -0.15) is 18.2 Å². The Morgan fingerprint density at radius 2 is 1.69 bits per heavy atom. The number of ether oxygens (including phenoxy) is 2. The lowest BCUT2D eigenvalue weighted by Crippen LogP contribution is -2.20. The number of halogens is 3. The van der Waals surface area contributed by atoms with Crippen LogP contribution in [0.25, 0.3) is 0 Å². The average Bonchev–Trinajstić information content (AvgIpc) is 2.85. The van der Waals surface area contributed by atoms with E-state index in [4.69, 9.17) is 9.47 Å². The van der Waals surface area contributed by atoms with Gasteiger partial charge in [-0.25, -0.2) is 4.98 Å². The summed E-state index contributed by atoms with van der Waals surface area (Å²) in [5.74, 6) is 1.29. The molecule has 1 saturated carbocycles. The Kier molecular flexibility index (Phi) is 8.18.